The van der Waals surface area contributed by atoms with Gasteiger partial charge in [0.15, 0.2) is 0 Å². The predicted molar refractivity (Wildman–Crippen MR) is 105 cm³/mol. The van der Waals surface area contributed by atoms with Gasteiger partial charge in [0.1, 0.15) is 6.54 Å². The number of benzene rings is 2. The monoisotopic (exact) mass is 392 g/mol. The van der Waals surface area contributed by atoms with Crippen molar-refractivity contribution in [3.05, 3.63) is 58.6 Å². The molecule has 1 aliphatic heterocycles. The second-order valence-electron chi connectivity index (χ2n) is 6.48. The largest absolute Gasteiger partial charge is 0.311 e. The van der Waals surface area contributed by atoms with E-state index in [9.17, 15) is 13.2 Å². The van der Waals surface area contributed by atoms with Gasteiger partial charge in [0, 0.05) is 17.3 Å². The topological polar surface area (TPSA) is 57.7 Å². The first-order valence-electron chi connectivity index (χ1n) is 8.39. The van der Waals surface area contributed by atoms with Crippen molar-refractivity contribution in [1.29, 1.82) is 0 Å². The first-order chi connectivity index (χ1) is 12.3. The molecule has 0 aliphatic carbocycles. The van der Waals surface area contributed by atoms with E-state index in [0.717, 1.165) is 34.7 Å². The third kappa shape index (κ3) is 3.86. The Morgan fingerprint density at radius 1 is 1.23 bits per heavy atom. The number of para-hydroxylation sites is 1. The van der Waals surface area contributed by atoms with Crippen LogP contribution in [-0.4, -0.2) is 33.7 Å². The van der Waals surface area contributed by atoms with E-state index in [1.54, 1.807) is 30.0 Å². The maximum atomic E-state index is 13.0. The van der Waals surface area contributed by atoms with Crippen LogP contribution in [0.15, 0.2) is 42.5 Å². The van der Waals surface area contributed by atoms with E-state index in [-0.39, 0.29) is 12.5 Å². The van der Waals surface area contributed by atoms with Gasteiger partial charge in [-0.1, -0.05) is 29.8 Å². The fraction of sp³-hybridized carbons (Fsp3) is 0.316. The van der Waals surface area contributed by atoms with Gasteiger partial charge >= 0.3 is 0 Å². The number of hydrogen-bond acceptors (Lipinski definition) is 3. The highest BCUT2D eigenvalue weighted by molar-refractivity contribution is 7.92. The van der Waals surface area contributed by atoms with Crippen LogP contribution in [0.25, 0.3) is 0 Å². The van der Waals surface area contributed by atoms with Crippen LogP contribution in [0.5, 0.6) is 0 Å². The van der Waals surface area contributed by atoms with E-state index in [4.69, 9.17) is 11.6 Å². The Bertz CT molecular complexity index is 944. The number of sulfonamides is 1. The van der Waals surface area contributed by atoms with Crippen molar-refractivity contribution >= 4 is 38.9 Å². The van der Waals surface area contributed by atoms with Crippen LogP contribution in [0, 0.1) is 6.92 Å². The highest BCUT2D eigenvalue weighted by atomic mass is 35.5. The zero-order valence-corrected chi connectivity index (χ0v) is 16.3. The van der Waals surface area contributed by atoms with Crippen LogP contribution >= 0.6 is 11.6 Å². The van der Waals surface area contributed by atoms with E-state index >= 15 is 0 Å². The summed E-state index contributed by atoms with van der Waals surface area (Å²) in [6.45, 7) is 2.13. The van der Waals surface area contributed by atoms with E-state index in [2.05, 4.69) is 0 Å². The van der Waals surface area contributed by atoms with E-state index in [1.807, 2.05) is 24.3 Å². The van der Waals surface area contributed by atoms with Gasteiger partial charge in [-0.2, -0.15) is 0 Å². The molecule has 0 radical (unpaired) electrons. The molecular formula is C19H21ClN2O3S. The minimum atomic E-state index is -3.62. The Kier molecular flexibility index (Phi) is 5.25. The average molecular weight is 393 g/mol. The minimum Gasteiger partial charge on any atom is -0.311 e. The maximum absolute atomic E-state index is 13.0. The summed E-state index contributed by atoms with van der Waals surface area (Å²) >= 11 is 5.98. The van der Waals surface area contributed by atoms with Crippen LogP contribution in [0.2, 0.25) is 5.02 Å². The van der Waals surface area contributed by atoms with Crippen LogP contribution in [0.4, 0.5) is 11.4 Å². The number of nitrogens with zero attached hydrogens (tertiary/aromatic N) is 2. The lowest BCUT2D eigenvalue weighted by molar-refractivity contribution is -0.117. The molecule has 1 aliphatic rings. The molecule has 1 amide bonds. The van der Waals surface area contributed by atoms with Crippen molar-refractivity contribution in [2.45, 2.75) is 19.8 Å². The molecule has 0 bridgehead atoms. The molecule has 2 aromatic rings. The Morgan fingerprint density at radius 2 is 1.96 bits per heavy atom. The van der Waals surface area contributed by atoms with E-state index in [0.29, 0.717) is 22.8 Å². The molecule has 26 heavy (non-hydrogen) atoms. The molecule has 7 heteroatoms. The van der Waals surface area contributed by atoms with Gasteiger partial charge in [0.05, 0.1) is 11.9 Å². The summed E-state index contributed by atoms with van der Waals surface area (Å²) in [5.41, 5.74) is 3.15. The average Bonchev–Trinajstić information content (AvgIpc) is 2.58. The quantitative estimate of drug-likeness (QED) is 0.801. The van der Waals surface area contributed by atoms with Gasteiger partial charge < -0.3 is 4.90 Å². The molecular weight excluding hydrogens is 372 g/mol. The number of carbonyl (C=O) groups is 1. The van der Waals surface area contributed by atoms with Gasteiger partial charge in [-0.25, -0.2) is 8.42 Å². The number of amides is 1. The number of carbonyl (C=O) groups excluding carboxylic acids is 1. The van der Waals surface area contributed by atoms with Crippen molar-refractivity contribution in [2.75, 3.05) is 28.6 Å². The molecule has 2 aromatic carbocycles. The zero-order valence-electron chi connectivity index (χ0n) is 14.8. The summed E-state index contributed by atoms with van der Waals surface area (Å²) in [7, 11) is -3.62. The summed E-state index contributed by atoms with van der Waals surface area (Å²) in [5.74, 6) is -0.239. The molecule has 3 rings (SSSR count). The Hall–Kier alpha value is -2.05. The molecule has 0 aromatic heterocycles. The standard InChI is InChI=1S/C19H21ClN2O3S/c1-14-12-16(20)9-10-17(14)22(26(2,24)25)13-19(23)21-11-5-7-15-6-3-4-8-18(15)21/h3-4,6,8-10,12H,5,7,11,13H2,1-2H3. The molecule has 5 nitrogen and oxygen atoms in total. The highest BCUT2D eigenvalue weighted by Crippen LogP contribution is 2.29. The molecule has 0 spiro atoms. The molecule has 0 fully saturated rings. The lowest BCUT2D eigenvalue weighted by atomic mass is 10.0. The van der Waals surface area contributed by atoms with E-state index in [1.165, 1.54) is 0 Å². The van der Waals surface area contributed by atoms with Crippen molar-refractivity contribution in [1.82, 2.24) is 0 Å². The third-order valence-electron chi connectivity index (χ3n) is 4.52. The summed E-state index contributed by atoms with van der Waals surface area (Å²) < 4.78 is 25.9. The summed E-state index contributed by atoms with van der Waals surface area (Å²) in [6, 6.07) is 12.7. The summed E-state index contributed by atoms with van der Waals surface area (Å²) in [6.07, 6.45) is 2.89. The molecule has 0 saturated carbocycles. The van der Waals surface area contributed by atoms with E-state index < -0.39 is 10.0 Å². The normalized spacial score (nSPS) is 14.0. The van der Waals surface area contributed by atoms with Crippen LogP contribution < -0.4 is 9.21 Å². The third-order valence-corrected chi connectivity index (χ3v) is 5.88. The van der Waals surface area contributed by atoms with Crippen molar-refractivity contribution in [3.63, 3.8) is 0 Å². The van der Waals surface area contributed by atoms with Crippen LogP contribution in [0.3, 0.4) is 0 Å². The number of anilines is 2. The molecule has 0 atom stereocenters. The first kappa shape index (κ1) is 18.7. The SMILES string of the molecule is Cc1cc(Cl)ccc1N(CC(=O)N1CCCc2ccccc21)S(C)(=O)=O. The predicted octanol–water partition coefficient (Wildman–Crippen LogP) is 3.39. The smallest absolute Gasteiger partial charge is 0.247 e. The fourth-order valence-electron chi connectivity index (χ4n) is 3.28. The van der Waals surface area contributed by atoms with Gasteiger partial charge in [-0.15, -0.1) is 0 Å². The van der Waals surface area contributed by atoms with Gasteiger partial charge in [0.2, 0.25) is 15.9 Å². The van der Waals surface area contributed by atoms with Gasteiger partial charge in [-0.3, -0.25) is 9.10 Å². The number of fused-ring (bicyclic) bond motifs is 1. The second-order valence-corrected chi connectivity index (χ2v) is 8.82. The van der Waals surface area contributed by atoms with Gasteiger partial charge in [0.25, 0.3) is 0 Å². The summed E-state index contributed by atoms with van der Waals surface area (Å²) in [5, 5.41) is 0.524. The molecule has 0 unspecified atom stereocenters. The van der Waals surface area contributed by atoms with Crippen molar-refractivity contribution in [2.24, 2.45) is 0 Å². The zero-order chi connectivity index (χ0) is 18.9. The Balaban J connectivity index is 1.92. The number of aryl methyl sites for hydroxylation is 2. The van der Waals surface area contributed by atoms with Crippen LogP contribution in [-0.2, 0) is 21.2 Å². The molecule has 0 saturated heterocycles. The maximum Gasteiger partial charge on any atom is 0.247 e. The molecule has 138 valence electrons. The van der Waals surface area contributed by atoms with Crippen LogP contribution in [0.1, 0.15) is 17.5 Å². The fourth-order valence-corrected chi connectivity index (χ4v) is 4.41. The Labute approximate surface area is 159 Å². The minimum absolute atomic E-state index is 0.239. The summed E-state index contributed by atoms with van der Waals surface area (Å²) in [4.78, 5) is 14.6. The molecule has 0 N–H and O–H groups in total. The number of hydrogen-bond donors (Lipinski definition) is 0. The Morgan fingerprint density at radius 3 is 2.65 bits per heavy atom. The first-order valence-corrected chi connectivity index (χ1v) is 10.6. The lowest BCUT2D eigenvalue weighted by Gasteiger charge is -2.32. The highest BCUT2D eigenvalue weighted by Gasteiger charge is 2.28. The number of halogens is 1. The van der Waals surface area contributed by atoms with Crippen molar-refractivity contribution in [3.8, 4) is 0 Å². The van der Waals surface area contributed by atoms with Gasteiger partial charge in [-0.05, 0) is 55.2 Å². The van der Waals surface area contributed by atoms with Crippen molar-refractivity contribution < 1.29 is 13.2 Å². The second kappa shape index (κ2) is 7.29. The molecule has 1 heterocycles. The number of rotatable bonds is 4. The lowest BCUT2D eigenvalue weighted by Crippen LogP contribution is -2.44.